The molecule has 2 fully saturated rings. The van der Waals surface area contributed by atoms with Gasteiger partial charge < -0.3 is 14.4 Å². The standard InChI is InChI=1S/C21H28N4O3/c1-16-5-2-3-7-19(16)25-20(8-11-22-25)23-21(26)24-12-9-17(10-13-24)28-15-18-6-4-14-27-18/h2-3,5,7-8,11,17-18H,4,6,9-10,12-15H2,1H3,(H,23,26). The van der Waals surface area contributed by atoms with Crippen molar-refractivity contribution in [3.8, 4) is 5.69 Å². The van der Waals surface area contributed by atoms with E-state index in [4.69, 9.17) is 9.47 Å². The van der Waals surface area contributed by atoms with E-state index >= 15 is 0 Å². The van der Waals surface area contributed by atoms with Gasteiger partial charge in [0.15, 0.2) is 0 Å². The first-order valence-electron chi connectivity index (χ1n) is 10.1. The molecular formula is C21H28N4O3. The lowest BCUT2D eigenvalue weighted by molar-refractivity contribution is -0.0377. The number of aromatic nitrogens is 2. The molecule has 2 amide bonds. The first-order chi connectivity index (χ1) is 13.7. The Kier molecular flexibility index (Phi) is 5.92. The molecule has 2 saturated heterocycles. The van der Waals surface area contributed by atoms with Gasteiger partial charge in [0, 0.05) is 25.8 Å². The average Bonchev–Trinajstić information content (AvgIpc) is 3.39. The number of urea groups is 1. The summed E-state index contributed by atoms with van der Waals surface area (Å²) in [5.74, 6) is 0.677. The summed E-state index contributed by atoms with van der Waals surface area (Å²) in [6, 6.07) is 9.72. The van der Waals surface area contributed by atoms with Gasteiger partial charge in [-0.25, -0.2) is 9.48 Å². The van der Waals surface area contributed by atoms with Crippen LogP contribution in [-0.4, -0.2) is 59.2 Å². The van der Waals surface area contributed by atoms with Crippen LogP contribution in [0.5, 0.6) is 0 Å². The van der Waals surface area contributed by atoms with Crippen LogP contribution in [0.15, 0.2) is 36.5 Å². The van der Waals surface area contributed by atoms with Gasteiger partial charge in [0.1, 0.15) is 5.82 Å². The largest absolute Gasteiger partial charge is 0.376 e. The molecule has 0 radical (unpaired) electrons. The molecule has 28 heavy (non-hydrogen) atoms. The Morgan fingerprint density at radius 1 is 1.25 bits per heavy atom. The first-order valence-corrected chi connectivity index (χ1v) is 10.1. The monoisotopic (exact) mass is 384 g/mol. The minimum absolute atomic E-state index is 0.0899. The van der Waals surface area contributed by atoms with Gasteiger partial charge in [-0.15, -0.1) is 0 Å². The summed E-state index contributed by atoms with van der Waals surface area (Å²) in [5, 5.41) is 7.38. The number of hydrogen-bond acceptors (Lipinski definition) is 4. The molecule has 4 rings (SSSR count). The van der Waals surface area contributed by atoms with E-state index in [0.29, 0.717) is 25.5 Å². The highest BCUT2D eigenvalue weighted by atomic mass is 16.5. The molecule has 1 aromatic heterocycles. The van der Waals surface area contributed by atoms with E-state index in [0.717, 1.165) is 43.5 Å². The van der Waals surface area contributed by atoms with Gasteiger partial charge in [-0.1, -0.05) is 18.2 Å². The predicted molar refractivity (Wildman–Crippen MR) is 107 cm³/mol. The van der Waals surface area contributed by atoms with E-state index in [9.17, 15) is 4.79 Å². The third kappa shape index (κ3) is 4.36. The number of nitrogens with zero attached hydrogens (tertiary/aromatic N) is 3. The minimum atomic E-state index is -0.0899. The fraction of sp³-hybridized carbons (Fsp3) is 0.524. The van der Waals surface area contributed by atoms with Crippen LogP contribution in [0, 0.1) is 6.92 Å². The van der Waals surface area contributed by atoms with Crippen molar-refractivity contribution in [3.63, 3.8) is 0 Å². The lowest BCUT2D eigenvalue weighted by Crippen LogP contribution is -2.43. The smallest absolute Gasteiger partial charge is 0.323 e. The number of rotatable bonds is 5. The maximum absolute atomic E-state index is 12.7. The number of carbonyl (C=O) groups excluding carboxylic acids is 1. The zero-order chi connectivity index (χ0) is 19.3. The fourth-order valence-electron chi connectivity index (χ4n) is 3.82. The molecule has 0 saturated carbocycles. The number of likely N-dealkylation sites (tertiary alicyclic amines) is 1. The number of ether oxygens (including phenoxy) is 2. The fourth-order valence-corrected chi connectivity index (χ4v) is 3.82. The van der Waals surface area contributed by atoms with Crippen LogP contribution in [0.1, 0.15) is 31.2 Å². The van der Waals surface area contributed by atoms with Gasteiger partial charge in [-0.05, 0) is 44.2 Å². The van der Waals surface area contributed by atoms with Crippen molar-refractivity contribution in [1.82, 2.24) is 14.7 Å². The van der Waals surface area contributed by atoms with Crippen molar-refractivity contribution < 1.29 is 14.3 Å². The minimum Gasteiger partial charge on any atom is -0.376 e. The maximum atomic E-state index is 12.7. The zero-order valence-corrected chi connectivity index (χ0v) is 16.3. The third-order valence-electron chi connectivity index (χ3n) is 5.49. The number of piperidine rings is 1. The maximum Gasteiger partial charge on any atom is 0.323 e. The molecule has 1 N–H and O–H groups in total. The predicted octanol–water partition coefficient (Wildman–Crippen LogP) is 3.37. The van der Waals surface area contributed by atoms with E-state index in [1.54, 1.807) is 10.9 Å². The molecule has 7 nitrogen and oxygen atoms in total. The van der Waals surface area contributed by atoms with Gasteiger partial charge in [-0.3, -0.25) is 5.32 Å². The van der Waals surface area contributed by atoms with Crippen LogP contribution in [0.4, 0.5) is 10.6 Å². The molecule has 150 valence electrons. The summed E-state index contributed by atoms with van der Waals surface area (Å²) < 4.78 is 13.4. The Labute approximate surface area is 165 Å². The molecular weight excluding hydrogens is 356 g/mol. The van der Waals surface area contributed by atoms with Crippen LogP contribution >= 0.6 is 0 Å². The second-order valence-electron chi connectivity index (χ2n) is 7.50. The second-order valence-corrected chi connectivity index (χ2v) is 7.50. The Balaban J connectivity index is 1.30. The van der Waals surface area contributed by atoms with Crippen molar-refractivity contribution >= 4 is 11.8 Å². The number of amides is 2. The highest BCUT2D eigenvalue weighted by Gasteiger charge is 2.25. The number of hydrogen-bond donors (Lipinski definition) is 1. The topological polar surface area (TPSA) is 68.6 Å². The molecule has 7 heteroatoms. The van der Waals surface area contributed by atoms with Crippen LogP contribution < -0.4 is 5.32 Å². The summed E-state index contributed by atoms with van der Waals surface area (Å²) in [6.07, 6.45) is 6.11. The SMILES string of the molecule is Cc1ccccc1-n1nccc1NC(=O)N1CCC(OCC2CCCO2)CC1. The summed E-state index contributed by atoms with van der Waals surface area (Å²) in [7, 11) is 0. The van der Waals surface area contributed by atoms with Crippen molar-refractivity contribution in [2.75, 3.05) is 31.6 Å². The van der Waals surface area contributed by atoms with E-state index in [2.05, 4.69) is 10.4 Å². The van der Waals surface area contributed by atoms with Gasteiger partial charge in [0.05, 0.1) is 30.7 Å². The molecule has 3 heterocycles. The molecule has 0 bridgehead atoms. The third-order valence-corrected chi connectivity index (χ3v) is 5.49. The quantitative estimate of drug-likeness (QED) is 0.858. The van der Waals surface area contributed by atoms with Crippen LogP contribution in [0.2, 0.25) is 0 Å². The van der Waals surface area contributed by atoms with Gasteiger partial charge in [0.2, 0.25) is 0 Å². The Hall–Kier alpha value is -2.38. The van der Waals surface area contributed by atoms with E-state index in [-0.39, 0.29) is 18.2 Å². The average molecular weight is 384 g/mol. The van der Waals surface area contributed by atoms with Crippen molar-refractivity contribution in [1.29, 1.82) is 0 Å². The molecule has 2 aromatic rings. The highest BCUT2D eigenvalue weighted by Crippen LogP contribution is 2.21. The summed E-state index contributed by atoms with van der Waals surface area (Å²) in [4.78, 5) is 14.6. The van der Waals surface area contributed by atoms with E-state index in [1.807, 2.05) is 42.2 Å². The first kappa shape index (κ1) is 19.0. The van der Waals surface area contributed by atoms with Crippen LogP contribution in [0.25, 0.3) is 5.69 Å². The number of nitrogens with one attached hydrogen (secondary N) is 1. The number of anilines is 1. The molecule has 1 atom stereocenters. The van der Waals surface area contributed by atoms with Gasteiger partial charge in [0.25, 0.3) is 0 Å². The molecule has 0 spiro atoms. The number of benzene rings is 1. The summed E-state index contributed by atoms with van der Waals surface area (Å²) in [5.41, 5.74) is 2.06. The Morgan fingerprint density at radius 2 is 2.07 bits per heavy atom. The highest BCUT2D eigenvalue weighted by molar-refractivity contribution is 5.88. The Morgan fingerprint density at radius 3 is 2.82 bits per heavy atom. The molecule has 2 aliphatic rings. The zero-order valence-electron chi connectivity index (χ0n) is 16.3. The van der Waals surface area contributed by atoms with Crippen molar-refractivity contribution in [2.24, 2.45) is 0 Å². The van der Waals surface area contributed by atoms with E-state index < -0.39 is 0 Å². The van der Waals surface area contributed by atoms with Gasteiger partial charge >= 0.3 is 6.03 Å². The molecule has 2 aliphatic heterocycles. The number of aryl methyl sites for hydroxylation is 1. The lowest BCUT2D eigenvalue weighted by atomic mass is 10.1. The molecule has 0 aliphatic carbocycles. The summed E-state index contributed by atoms with van der Waals surface area (Å²) >= 11 is 0. The summed E-state index contributed by atoms with van der Waals surface area (Å²) in [6.45, 7) is 4.95. The Bertz CT molecular complexity index is 792. The number of para-hydroxylation sites is 1. The van der Waals surface area contributed by atoms with Crippen molar-refractivity contribution in [3.05, 3.63) is 42.1 Å². The van der Waals surface area contributed by atoms with Gasteiger partial charge in [-0.2, -0.15) is 5.10 Å². The number of carbonyl (C=O) groups is 1. The van der Waals surface area contributed by atoms with Crippen LogP contribution in [0.3, 0.4) is 0 Å². The van der Waals surface area contributed by atoms with Crippen molar-refractivity contribution in [2.45, 2.75) is 44.8 Å². The normalized spacial score (nSPS) is 20.5. The lowest BCUT2D eigenvalue weighted by Gasteiger charge is -2.32. The van der Waals surface area contributed by atoms with Crippen LogP contribution in [-0.2, 0) is 9.47 Å². The second kappa shape index (κ2) is 8.75. The molecule has 1 aromatic carbocycles. The van der Waals surface area contributed by atoms with E-state index in [1.165, 1.54) is 0 Å². The molecule has 1 unspecified atom stereocenters.